The van der Waals surface area contributed by atoms with E-state index in [2.05, 4.69) is 15.5 Å². The molecule has 0 saturated carbocycles. The molecule has 144 valence electrons. The molecular formula is C19H16F2N4O3. The number of rotatable bonds is 5. The largest absolute Gasteiger partial charge is 0.448 e. The Labute approximate surface area is 158 Å². The number of aryl methyl sites for hydroxylation is 1. The minimum atomic E-state index is -1.31. The maximum absolute atomic E-state index is 13.6. The molecule has 0 radical (unpaired) electrons. The number of anilines is 1. The molecule has 1 N–H and O–H groups in total. The van der Waals surface area contributed by atoms with Gasteiger partial charge in [-0.25, -0.2) is 13.6 Å². The van der Waals surface area contributed by atoms with E-state index in [-0.39, 0.29) is 5.69 Å². The molecule has 1 heterocycles. The number of halogens is 2. The van der Waals surface area contributed by atoms with Gasteiger partial charge in [0.1, 0.15) is 17.3 Å². The second-order valence-corrected chi connectivity index (χ2v) is 5.89. The van der Waals surface area contributed by atoms with Crippen LogP contribution in [0, 0.1) is 18.6 Å². The summed E-state index contributed by atoms with van der Waals surface area (Å²) >= 11 is 0. The Morgan fingerprint density at radius 2 is 1.68 bits per heavy atom. The van der Waals surface area contributed by atoms with E-state index in [1.54, 1.807) is 31.2 Å². The third kappa shape index (κ3) is 4.03. The second-order valence-electron chi connectivity index (χ2n) is 5.89. The van der Waals surface area contributed by atoms with E-state index in [0.717, 1.165) is 12.1 Å². The van der Waals surface area contributed by atoms with Gasteiger partial charge in [0.05, 0.1) is 11.4 Å². The maximum atomic E-state index is 13.6. The molecule has 9 heteroatoms. The fraction of sp³-hybridized carbons (Fsp3) is 0.158. The zero-order valence-corrected chi connectivity index (χ0v) is 15.0. The fourth-order valence-corrected chi connectivity index (χ4v) is 2.36. The minimum Gasteiger partial charge on any atom is -0.448 e. The summed E-state index contributed by atoms with van der Waals surface area (Å²) in [5.41, 5.74) is 0.272. The predicted octanol–water partition coefficient (Wildman–Crippen LogP) is 3.04. The van der Waals surface area contributed by atoms with E-state index in [1.807, 2.05) is 6.07 Å². The van der Waals surface area contributed by atoms with Crippen molar-refractivity contribution < 1.29 is 23.1 Å². The summed E-state index contributed by atoms with van der Waals surface area (Å²) in [6.45, 7) is 2.85. The summed E-state index contributed by atoms with van der Waals surface area (Å²) in [6.07, 6.45) is -1.31. The Balaban J connectivity index is 1.71. The Morgan fingerprint density at radius 3 is 2.32 bits per heavy atom. The number of benzene rings is 2. The molecule has 0 unspecified atom stereocenters. The summed E-state index contributed by atoms with van der Waals surface area (Å²) in [5.74, 6) is -3.64. The van der Waals surface area contributed by atoms with E-state index in [0.29, 0.717) is 11.4 Å². The Hall–Kier alpha value is -3.62. The first-order chi connectivity index (χ1) is 13.4. The van der Waals surface area contributed by atoms with Crippen LogP contribution in [0.15, 0.2) is 48.5 Å². The van der Waals surface area contributed by atoms with Gasteiger partial charge in [-0.05, 0) is 38.1 Å². The Bertz CT molecular complexity index is 1000. The number of hydrogen-bond acceptors (Lipinski definition) is 5. The minimum absolute atomic E-state index is 0.0689. The first-order valence-electron chi connectivity index (χ1n) is 8.32. The molecule has 1 amide bonds. The third-order valence-electron chi connectivity index (χ3n) is 3.83. The van der Waals surface area contributed by atoms with Crippen LogP contribution in [0.25, 0.3) is 5.69 Å². The van der Waals surface area contributed by atoms with E-state index < -0.39 is 35.3 Å². The fourth-order valence-electron chi connectivity index (χ4n) is 2.36. The molecule has 0 spiro atoms. The lowest BCUT2D eigenvalue weighted by atomic mass is 10.2. The normalized spacial score (nSPS) is 11.7. The van der Waals surface area contributed by atoms with Gasteiger partial charge < -0.3 is 10.1 Å². The van der Waals surface area contributed by atoms with Crippen molar-refractivity contribution in [1.29, 1.82) is 0 Å². The lowest BCUT2D eigenvalue weighted by Gasteiger charge is -2.13. The molecule has 0 fully saturated rings. The van der Waals surface area contributed by atoms with Crippen molar-refractivity contribution in [3.8, 4) is 5.69 Å². The summed E-state index contributed by atoms with van der Waals surface area (Å²) in [6, 6.07) is 12.1. The molecule has 28 heavy (non-hydrogen) atoms. The van der Waals surface area contributed by atoms with Gasteiger partial charge in [0.2, 0.25) is 0 Å². The Morgan fingerprint density at radius 1 is 1.04 bits per heavy atom. The molecule has 0 aliphatic carbocycles. The van der Waals surface area contributed by atoms with Gasteiger partial charge in [0.25, 0.3) is 5.91 Å². The smallest absolute Gasteiger partial charge is 0.361 e. The van der Waals surface area contributed by atoms with Crippen LogP contribution in [0.3, 0.4) is 0 Å². The molecule has 0 bridgehead atoms. The van der Waals surface area contributed by atoms with Crippen molar-refractivity contribution in [2.24, 2.45) is 0 Å². The van der Waals surface area contributed by atoms with Crippen molar-refractivity contribution in [1.82, 2.24) is 15.0 Å². The zero-order valence-electron chi connectivity index (χ0n) is 15.0. The zero-order chi connectivity index (χ0) is 20.3. The molecule has 3 aromatic rings. The summed E-state index contributed by atoms with van der Waals surface area (Å²) < 4.78 is 32.3. The third-order valence-corrected chi connectivity index (χ3v) is 3.83. The first kappa shape index (κ1) is 19.2. The number of carbonyl (C=O) groups is 2. The molecule has 7 nitrogen and oxygen atoms in total. The van der Waals surface area contributed by atoms with Crippen LogP contribution in [0.4, 0.5) is 14.5 Å². The highest BCUT2D eigenvalue weighted by atomic mass is 19.1. The van der Waals surface area contributed by atoms with E-state index in [1.165, 1.54) is 17.8 Å². The van der Waals surface area contributed by atoms with Crippen molar-refractivity contribution in [2.45, 2.75) is 20.0 Å². The van der Waals surface area contributed by atoms with Crippen molar-refractivity contribution in [3.63, 3.8) is 0 Å². The van der Waals surface area contributed by atoms with Crippen LogP contribution in [-0.2, 0) is 9.53 Å². The lowest BCUT2D eigenvalue weighted by molar-refractivity contribution is -0.123. The van der Waals surface area contributed by atoms with E-state index in [4.69, 9.17) is 4.74 Å². The van der Waals surface area contributed by atoms with Crippen LogP contribution < -0.4 is 5.32 Å². The van der Waals surface area contributed by atoms with Crippen LogP contribution >= 0.6 is 0 Å². The maximum Gasteiger partial charge on any atom is 0.361 e. The predicted molar refractivity (Wildman–Crippen MR) is 96.0 cm³/mol. The molecule has 1 aromatic heterocycles. The SMILES string of the molecule is Cc1nn(-c2ccccc2)nc1C(=O)O[C@H](C)C(=O)Nc1c(F)cccc1F. The number of ether oxygens (including phenoxy) is 1. The highest BCUT2D eigenvalue weighted by Gasteiger charge is 2.25. The molecule has 0 saturated heterocycles. The highest BCUT2D eigenvalue weighted by molar-refractivity contribution is 5.97. The number of nitrogens with one attached hydrogen (secondary N) is 1. The molecule has 2 aromatic carbocycles. The van der Waals surface area contributed by atoms with E-state index in [9.17, 15) is 18.4 Å². The monoisotopic (exact) mass is 386 g/mol. The van der Waals surface area contributed by atoms with Crippen molar-refractivity contribution in [3.05, 3.63) is 71.6 Å². The van der Waals surface area contributed by atoms with Crippen molar-refractivity contribution in [2.75, 3.05) is 5.32 Å². The standard InChI is InChI=1S/C19H16F2N4O3/c1-11-16(24-25(23-11)13-7-4-3-5-8-13)19(27)28-12(2)18(26)22-17-14(20)9-6-10-15(17)21/h3-10,12H,1-2H3,(H,22,26)/t12-/m1/s1. The topological polar surface area (TPSA) is 86.1 Å². The van der Waals surface area contributed by atoms with Crippen LogP contribution in [0.1, 0.15) is 23.1 Å². The number of carbonyl (C=O) groups excluding carboxylic acids is 2. The van der Waals surface area contributed by atoms with Crippen molar-refractivity contribution >= 4 is 17.6 Å². The molecular weight excluding hydrogens is 370 g/mol. The lowest BCUT2D eigenvalue weighted by Crippen LogP contribution is -2.31. The highest BCUT2D eigenvalue weighted by Crippen LogP contribution is 2.18. The first-order valence-corrected chi connectivity index (χ1v) is 8.32. The van der Waals surface area contributed by atoms with Gasteiger partial charge >= 0.3 is 5.97 Å². The molecule has 0 aliphatic rings. The molecule has 3 rings (SSSR count). The number of hydrogen-bond donors (Lipinski definition) is 1. The van der Waals surface area contributed by atoms with Gasteiger partial charge in [0.15, 0.2) is 11.8 Å². The van der Waals surface area contributed by atoms with E-state index >= 15 is 0 Å². The Kier molecular flexibility index (Phi) is 5.44. The van der Waals surface area contributed by atoms with Gasteiger partial charge in [0, 0.05) is 0 Å². The average molecular weight is 386 g/mol. The number of esters is 1. The quantitative estimate of drug-likeness (QED) is 0.681. The summed E-state index contributed by atoms with van der Waals surface area (Å²) in [5, 5.41) is 10.3. The number of para-hydroxylation sites is 2. The molecule has 0 aliphatic heterocycles. The van der Waals surface area contributed by atoms with Gasteiger partial charge in [-0.3, -0.25) is 4.79 Å². The van der Waals surface area contributed by atoms with Crippen LogP contribution in [-0.4, -0.2) is 33.0 Å². The van der Waals surface area contributed by atoms with Crippen LogP contribution in [0.2, 0.25) is 0 Å². The number of amides is 1. The van der Waals surface area contributed by atoms with Gasteiger partial charge in [-0.15, -0.1) is 5.10 Å². The second kappa shape index (κ2) is 7.95. The molecule has 1 atom stereocenters. The number of nitrogens with zero attached hydrogens (tertiary/aromatic N) is 3. The van der Waals surface area contributed by atoms with Gasteiger partial charge in [-0.1, -0.05) is 24.3 Å². The van der Waals surface area contributed by atoms with Crippen LogP contribution in [0.5, 0.6) is 0 Å². The number of aromatic nitrogens is 3. The summed E-state index contributed by atoms with van der Waals surface area (Å²) in [7, 11) is 0. The van der Waals surface area contributed by atoms with Gasteiger partial charge in [-0.2, -0.15) is 9.90 Å². The summed E-state index contributed by atoms with van der Waals surface area (Å²) in [4.78, 5) is 25.7. The average Bonchev–Trinajstić information content (AvgIpc) is 3.07.